The van der Waals surface area contributed by atoms with E-state index in [2.05, 4.69) is 35.7 Å². The van der Waals surface area contributed by atoms with Gasteiger partial charge < -0.3 is 11.1 Å². The standard InChI is InChI=1S/C23H25N3S/c1-15-12-16(2)23-20(13-15)18-10-6-7-11-19(18)21(25-23)14-22(24)26-27-17-8-4-3-5-9-17/h3-5,8-9,12-14,25H,6-7,10-11H2,1-2H3,(H2,24,26)/b21-14-. The van der Waals surface area contributed by atoms with Gasteiger partial charge in [0.05, 0.1) is 0 Å². The third-order valence-corrected chi connectivity index (χ3v) is 5.93. The molecule has 2 aliphatic rings. The molecule has 3 N–H and O–H groups in total. The average molecular weight is 376 g/mol. The first-order valence-electron chi connectivity index (χ1n) is 9.50. The van der Waals surface area contributed by atoms with Crippen molar-refractivity contribution in [3.05, 3.63) is 76.5 Å². The molecule has 2 aromatic carbocycles. The Morgan fingerprint density at radius 3 is 2.59 bits per heavy atom. The molecular formula is C23H25N3S. The molecule has 4 rings (SSSR count). The van der Waals surface area contributed by atoms with E-state index in [1.54, 1.807) is 0 Å². The van der Waals surface area contributed by atoms with E-state index in [0.717, 1.165) is 23.4 Å². The van der Waals surface area contributed by atoms with E-state index in [1.807, 2.05) is 36.4 Å². The van der Waals surface area contributed by atoms with Gasteiger partial charge in [-0.15, -0.1) is 0 Å². The molecule has 0 aromatic heterocycles. The van der Waals surface area contributed by atoms with Crippen molar-refractivity contribution in [2.24, 2.45) is 10.1 Å². The summed E-state index contributed by atoms with van der Waals surface area (Å²) in [5.41, 5.74) is 15.4. The zero-order chi connectivity index (χ0) is 18.8. The predicted octanol–water partition coefficient (Wildman–Crippen LogP) is 6.00. The lowest BCUT2D eigenvalue weighted by Crippen LogP contribution is -2.19. The molecule has 1 aliphatic heterocycles. The van der Waals surface area contributed by atoms with Gasteiger partial charge in [0.15, 0.2) is 0 Å². The van der Waals surface area contributed by atoms with Gasteiger partial charge in [-0.3, -0.25) is 0 Å². The lowest BCUT2D eigenvalue weighted by atomic mass is 9.81. The van der Waals surface area contributed by atoms with Crippen molar-refractivity contribution in [2.75, 3.05) is 5.32 Å². The highest BCUT2D eigenvalue weighted by Crippen LogP contribution is 2.44. The first-order chi connectivity index (χ1) is 13.1. The summed E-state index contributed by atoms with van der Waals surface area (Å²) >= 11 is 1.41. The number of allylic oxidation sites excluding steroid dienone is 2. The van der Waals surface area contributed by atoms with Crippen LogP contribution < -0.4 is 11.1 Å². The maximum Gasteiger partial charge on any atom is 0.133 e. The average Bonchev–Trinajstić information content (AvgIpc) is 2.68. The number of anilines is 1. The summed E-state index contributed by atoms with van der Waals surface area (Å²) in [5, 5.41) is 3.65. The number of rotatable bonds is 3. The molecule has 1 aliphatic carbocycles. The Kier molecular flexibility index (Phi) is 5.08. The molecule has 138 valence electrons. The Bertz CT molecular complexity index is 955. The predicted molar refractivity (Wildman–Crippen MR) is 117 cm³/mol. The van der Waals surface area contributed by atoms with Gasteiger partial charge in [-0.05, 0) is 74.4 Å². The molecule has 2 aromatic rings. The summed E-state index contributed by atoms with van der Waals surface area (Å²) in [6.45, 7) is 4.35. The molecule has 0 saturated carbocycles. The van der Waals surface area contributed by atoms with Crippen LogP contribution in [0.2, 0.25) is 0 Å². The fraction of sp³-hybridized carbons (Fsp3) is 0.261. The van der Waals surface area contributed by atoms with Crippen molar-refractivity contribution >= 4 is 29.0 Å². The molecular weight excluding hydrogens is 350 g/mol. The van der Waals surface area contributed by atoms with Crippen LogP contribution in [0, 0.1) is 13.8 Å². The maximum atomic E-state index is 6.25. The van der Waals surface area contributed by atoms with Crippen LogP contribution in [0.3, 0.4) is 0 Å². The smallest absolute Gasteiger partial charge is 0.133 e. The number of nitrogens with zero attached hydrogens (tertiary/aromatic N) is 1. The van der Waals surface area contributed by atoms with E-state index in [0.29, 0.717) is 5.84 Å². The number of nitrogens with two attached hydrogens (primary N) is 1. The monoisotopic (exact) mass is 375 g/mol. The highest BCUT2D eigenvalue weighted by atomic mass is 32.2. The Morgan fingerprint density at radius 1 is 1.07 bits per heavy atom. The van der Waals surface area contributed by atoms with Crippen molar-refractivity contribution in [1.29, 1.82) is 0 Å². The minimum atomic E-state index is 0.539. The SMILES string of the molecule is Cc1cc(C)c2c(c1)C1=C(CCCC1)/C(=C/C(N)=N\Sc1ccccc1)N2. The zero-order valence-electron chi connectivity index (χ0n) is 15.9. The van der Waals surface area contributed by atoms with Crippen LogP contribution >= 0.6 is 11.9 Å². The second-order valence-electron chi connectivity index (χ2n) is 7.27. The Labute approximate surface area is 165 Å². The molecule has 0 bridgehead atoms. The topological polar surface area (TPSA) is 50.4 Å². The van der Waals surface area contributed by atoms with Crippen LogP contribution in [0.15, 0.2) is 69.1 Å². The maximum absolute atomic E-state index is 6.25. The highest BCUT2D eigenvalue weighted by molar-refractivity contribution is 7.98. The van der Waals surface area contributed by atoms with Crippen LogP contribution in [0.4, 0.5) is 5.69 Å². The summed E-state index contributed by atoms with van der Waals surface area (Å²) < 4.78 is 4.49. The van der Waals surface area contributed by atoms with Gasteiger partial charge in [-0.1, -0.05) is 29.8 Å². The molecule has 0 saturated heterocycles. The van der Waals surface area contributed by atoms with Gasteiger partial charge in [0.25, 0.3) is 0 Å². The largest absolute Gasteiger partial charge is 0.383 e. The van der Waals surface area contributed by atoms with Gasteiger partial charge in [0, 0.05) is 39.9 Å². The van der Waals surface area contributed by atoms with Crippen molar-refractivity contribution in [2.45, 2.75) is 44.4 Å². The quantitative estimate of drug-likeness (QED) is 0.393. The molecule has 0 fully saturated rings. The van der Waals surface area contributed by atoms with E-state index in [-0.39, 0.29) is 0 Å². The minimum Gasteiger partial charge on any atom is -0.383 e. The van der Waals surface area contributed by atoms with Crippen LogP contribution in [0.5, 0.6) is 0 Å². The van der Waals surface area contributed by atoms with Crippen LogP contribution in [-0.4, -0.2) is 5.84 Å². The van der Waals surface area contributed by atoms with E-state index in [4.69, 9.17) is 5.73 Å². The number of nitrogens with one attached hydrogen (secondary N) is 1. The Balaban J connectivity index is 1.69. The fourth-order valence-electron chi connectivity index (χ4n) is 3.97. The normalized spacial score (nSPS) is 18.1. The van der Waals surface area contributed by atoms with Crippen molar-refractivity contribution in [3.63, 3.8) is 0 Å². The number of aryl methyl sites for hydroxylation is 2. The summed E-state index contributed by atoms with van der Waals surface area (Å²) in [4.78, 5) is 1.09. The van der Waals surface area contributed by atoms with Crippen molar-refractivity contribution < 1.29 is 0 Å². The number of hydrogen-bond donors (Lipinski definition) is 2. The van der Waals surface area contributed by atoms with E-state index in [9.17, 15) is 0 Å². The molecule has 0 spiro atoms. The molecule has 4 heteroatoms. The number of benzene rings is 2. The van der Waals surface area contributed by atoms with Crippen LogP contribution in [0.1, 0.15) is 42.4 Å². The first kappa shape index (κ1) is 17.9. The third-order valence-electron chi connectivity index (χ3n) is 5.15. The molecule has 0 atom stereocenters. The van der Waals surface area contributed by atoms with Crippen LogP contribution in [-0.2, 0) is 0 Å². The first-order valence-corrected chi connectivity index (χ1v) is 10.3. The minimum absolute atomic E-state index is 0.539. The second-order valence-corrected chi connectivity index (χ2v) is 8.11. The third kappa shape index (κ3) is 3.81. The molecule has 0 amide bonds. The number of amidine groups is 1. The van der Waals surface area contributed by atoms with E-state index >= 15 is 0 Å². The zero-order valence-corrected chi connectivity index (χ0v) is 16.7. The van der Waals surface area contributed by atoms with Gasteiger partial charge in [0.2, 0.25) is 0 Å². The van der Waals surface area contributed by atoms with Crippen molar-refractivity contribution in [3.8, 4) is 0 Å². The molecule has 0 unspecified atom stereocenters. The summed E-state index contributed by atoms with van der Waals surface area (Å²) in [7, 11) is 0. The number of fused-ring (bicyclic) bond motifs is 2. The molecule has 27 heavy (non-hydrogen) atoms. The van der Waals surface area contributed by atoms with Gasteiger partial charge >= 0.3 is 0 Å². The summed E-state index contributed by atoms with van der Waals surface area (Å²) in [5.74, 6) is 0.539. The Morgan fingerprint density at radius 2 is 1.81 bits per heavy atom. The van der Waals surface area contributed by atoms with E-state index in [1.165, 1.54) is 58.3 Å². The molecule has 3 nitrogen and oxygen atoms in total. The lowest BCUT2D eigenvalue weighted by molar-refractivity contribution is 0.716. The lowest BCUT2D eigenvalue weighted by Gasteiger charge is -2.31. The van der Waals surface area contributed by atoms with Crippen molar-refractivity contribution in [1.82, 2.24) is 0 Å². The highest BCUT2D eigenvalue weighted by Gasteiger charge is 2.26. The summed E-state index contributed by atoms with van der Waals surface area (Å²) in [6, 6.07) is 14.7. The van der Waals surface area contributed by atoms with Gasteiger partial charge in [0.1, 0.15) is 5.84 Å². The fourth-order valence-corrected chi connectivity index (χ4v) is 4.51. The number of hydrogen-bond acceptors (Lipinski definition) is 3. The second kappa shape index (κ2) is 7.65. The summed E-state index contributed by atoms with van der Waals surface area (Å²) in [6.07, 6.45) is 6.72. The van der Waals surface area contributed by atoms with Crippen LogP contribution in [0.25, 0.3) is 5.57 Å². The van der Waals surface area contributed by atoms with E-state index < -0.39 is 0 Å². The Hall–Kier alpha value is -2.46. The molecule has 0 radical (unpaired) electrons. The van der Waals surface area contributed by atoms with Gasteiger partial charge in [-0.25, -0.2) is 0 Å². The van der Waals surface area contributed by atoms with Gasteiger partial charge in [-0.2, -0.15) is 4.40 Å². The molecule has 1 heterocycles.